The van der Waals surface area contributed by atoms with Gasteiger partial charge in [0.1, 0.15) is 47.2 Å². The Bertz CT molecular complexity index is 2280. The van der Waals surface area contributed by atoms with Crippen LogP contribution < -0.4 is 5.32 Å². The number of nitrogens with one attached hydrogen (secondary N) is 1. The second-order valence-electron chi connectivity index (χ2n) is 19.7. The lowest BCUT2D eigenvalue weighted by molar-refractivity contribution is -0.235. The van der Waals surface area contributed by atoms with Crippen LogP contribution in [-0.4, -0.2) is 112 Å². The van der Waals surface area contributed by atoms with Gasteiger partial charge in [0, 0.05) is 38.1 Å². The molecule has 6 aliphatic rings. The summed E-state index contributed by atoms with van der Waals surface area (Å²) in [6.45, 7) is 5.00. The first-order valence-electron chi connectivity index (χ1n) is 23.2. The zero-order valence-corrected chi connectivity index (χ0v) is 37.6. The van der Waals surface area contributed by atoms with E-state index in [1.807, 2.05) is 78.9 Å². The van der Waals surface area contributed by atoms with E-state index in [0.29, 0.717) is 6.42 Å². The highest BCUT2D eigenvalue weighted by Gasteiger charge is 2.78. The summed E-state index contributed by atoms with van der Waals surface area (Å²) < 4.78 is 25.8. The molecule has 14 nitrogen and oxygen atoms in total. The van der Waals surface area contributed by atoms with E-state index in [1.54, 1.807) is 45.0 Å². The fourth-order valence-corrected chi connectivity index (χ4v) is 10.6. The van der Waals surface area contributed by atoms with Gasteiger partial charge in [-0.2, -0.15) is 5.06 Å². The van der Waals surface area contributed by atoms with Crippen LogP contribution in [0.4, 0.5) is 0 Å². The lowest BCUT2D eigenvalue weighted by Gasteiger charge is -2.50. The van der Waals surface area contributed by atoms with Gasteiger partial charge in [0.25, 0.3) is 0 Å². The summed E-state index contributed by atoms with van der Waals surface area (Å²) in [5, 5.41) is 25.3. The number of hydrogen-bond donors (Lipinski definition) is 3. The third-order valence-electron chi connectivity index (χ3n) is 13.9. The summed E-state index contributed by atoms with van der Waals surface area (Å²) in [4.78, 5) is 66.2. The minimum absolute atomic E-state index is 0.0343. The van der Waals surface area contributed by atoms with Gasteiger partial charge in [0.2, 0.25) is 11.8 Å². The van der Waals surface area contributed by atoms with Gasteiger partial charge in [-0.25, -0.2) is 0 Å². The number of benzene rings is 3. The molecule has 2 bridgehead atoms. The van der Waals surface area contributed by atoms with Crippen molar-refractivity contribution in [3.63, 3.8) is 0 Å². The molecule has 6 fully saturated rings. The Morgan fingerprint density at radius 3 is 2.28 bits per heavy atom. The molecule has 3 aromatic rings. The number of esters is 2. The maximum Gasteiger partial charge on any atom is 0.327 e. The molecule has 346 valence electrons. The van der Waals surface area contributed by atoms with Gasteiger partial charge >= 0.3 is 11.9 Å². The molecular formula is C51H61N3O11. The number of carbonyl (C=O) groups is 4. The van der Waals surface area contributed by atoms with Crippen molar-refractivity contribution in [2.75, 3.05) is 13.7 Å². The number of rotatable bonds is 17. The summed E-state index contributed by atoms with van der Waals surface area (Å²) in [6, 6.07) is 21.2. The molecule has 3 aliphatic heterocycles. The third kappa shape index (κ3) is 8.95. The van der Waals surface area contributed by atoms with E-state index < -0.39 is 89.7 Å². The van der Waals surface area contributed by atoms with Crippen molar-refractivity contribution in [3.8, 4) is 5.75 Å². The van der Waals surface area contributed by atoms with Crippen molar-refractivity contribution in [1.29, 1.82) is 0 Å². The summed E-state index contributed by atoms with van der Waals surface area (Å²) in [6.07, 6.45) is 5.45. The van der Waals surface area contributed by atoms with E-state index in [0.717, 1.165) is 47.9 Å². The number of allylic oxidation sites excluding steroid dienone is 1. The van der Waals surface area contributed by atoms with Gasteiger partial charge < -0.3 is 39.4 Å². The zero-order valence-electron chi connectivity index (χ0n) is 37.6. The Morgan fingerprint density at radius 2 is 1.60 bits per heavy atom. The molecule has 3 heterocycles. The van der Waals surface area contributed by atoms with Crippen molar-refractivity contribution in [1.82, 2.24) is 15.3 Å². The fraction of sp³-hybridized carbons (Fsp3) is 0.529. The number of carbonyl (C=O) groups excluding carboxylic acids is 4. The quantitative estimate of drug-likeness (QED) is 0.147. The van der Waals surface area contributed by atoms with E-state index in [9.17, 15) is 24.6 Å². The SMILES string of the molecule is CN(C(=O)C12CC3OC(=O)C1N(Cc1ccccc1C=CCc1ccccc1O)OC2C1OC(C2CC2)(C2CC2)OC31)C(Cc1ccccc1)C(=O)NC(CO)CCC(=O)OC(C)(C)C. The maximum absolute atomic E-state index is 15.9. The van der Waals surface area contributed by atoms with Crippen molar-refractivity contribution < 1.29 is 53.2 Å². The topological polar surface area (TPSA) is 173 Å². The number of likely N-dealkylation sites (N-methyl/N-ethyl adjacent to an activating group) is 1. The predicted octanol–water partition coefficient (Wildman–Crippen LogP) is 5.42. The monoisotopic (exact) mass is 891 g/mol. The van der Waals surface area contributed by atoms with Gasteiger partial charge in [-0.05, 0) is 87.6 Å². The molecule has 14 heteroatoms. The van der Waals surface area contributed by atoms with Crippen LogP contribution in [0.1, 0.15) is 88.0 Å². The molecule has 8 atom stereocenters. The number of nitrogens with zero attached hydrogens (tertiary/aromatic N) is 2. The van der Waals surface area contributed by atoms with Crippen LogP contribution in [0.15, 0.2) is 84.9 Å². The third-order valence-corrected chi connectivity index (χ3v) is 13.9. The largest absolute Gasteiger partial charge is 0.508 e. The Labute approximate surface area is 380 Å². The highest BCUT2D eigenvalue weighted by atomic mass is 16.8. The van der Waals surface area contributed by atoms with Crippen LogP contribution in [-0.2, 0) is 62.3 Å². The average molecular weight is 892 g/mol. The molecule has 2 amide bonds. The number of aliphatic hydroxyl groups excluding tert-OH is 1. The molecular weight excluding hydrogens is 831 g/mol. The second-order valence-corrected chi connectivity index (χ2v) is 19.7. The molecule has 0 spiro atoms. The Kier molecular flexibility index (Phi) is 12.4. The standard InChI is InChI=1S/C51H61N3O11/c1-49(2,3)62-41(57)26-25-37(30-55)52-46(58)38(27-31-13-6-5-7-14-31)53(4)48(60)50-28-40-42-43(64-51(63-42,35-21-22-35)36-23-24-36)45(50)65-54(44(50)47(59)61-40)29-34-17-9-8-15-32(34)18-12-19-33-16-10-11-20-39(33)56/h5-18,20,35-38,40,42-45,55-56H,19,21-30H2,1-4H3,(H,52,58). The molecule has 0 aromatic heterocycles. The summed E-state index contributed by atoms with van der Waals surface area (Å²) in [5.41, 5.74) is 1.04. The van der Waals surface area contributed by atoms with Crippen LogP contribution in [0, 0.1) is 17.3 Å². The Morgan fingerprint density at radius 1 is 0.938 bits per heavy atom. The lowest BCUT2D eigenvalue weighted by Crippen LogP contribution is -2.70. The molecule has 8 unspecified atom stereocenters. The Balaban J connectivity index is 1.04. The second kappa shape index (κ2) is 17.9. The normalized spacial score (nSPS) is 27.7. The number of phenolic OH excluding ortho intramolecular Hbond substituents is 1. The smallest absolute Gasteiger partial charge is 0.327 e. The van der Waals surface area contributed by atoms with E-state index in [1.165, 1.54) is 4.90 Å². The van der Waals surface area contributed by atoms with Crippen LogP contribution in [0.25, 0.3) is 6.08 Å². The molecule has 65 heavy (non-hydrogen) atoms. The first kappa shape index (κ1) is 45.1. The van der Waals surface area contributed by atoms with E-state index >= 15 is 4.79 Å². The number of para-hydroxylation sites is 1. The van der Waals surface area contributed by atoms with Crippen molar-refractivity contribution in [2.45, 2.75) is 139 Å². The van der Waals surface area contributed by atoms with Crippen LogP contribution >= 0.6 is 0 Å². The minimum atomic E-state index is -1.54. The van der Waals surface area contributed by atoms with Gasteiger partial charge in [0.15, 0.2) is 11.8 Å². The van der Waals surface area contributed by atoms with E-state index in [4.69, 9.17) is 23.8 Å². The van der Waals surface area contributed by atoms with E-state index in [-0.39, 0.29) is 49.8 Å². The van der Waals surface area contributed by atoms with Crippen LogP contribution in [0.2, 0.25) is 0 Å². The molecule has 3 aromatic carbocycles. The number of phenols is 1. The van der Waals surface area contributed by atoms with Crippen molar-refractivity contribution in [3.05, 3.63) is 107 Å². The van der Waals surface area contributed by atoms with Crippen LogP contribution in [0.5, 0.6) is 5.75 Å². The minimum Gasteiger partial charge on any atom is -0.508 e. The first-order chi connectivity index (χ1) is 31.2. The number of fused-ring (bicyclic) bond motifs is 4. The number of aliphatic hydroxyl groups is 1. The van der Waals surface area contributed by atoms with Gasteiger partial charge in [0.05, 0.1) is 19.2 Å². The number of hydroxylamine groups is 2. The van der Waals surface area contributed by atoms with Gasteiger partial charge in [-0.15, -0.1) is 0 Å². The van der Waals surface area contributed by atoms with E-state index in [2.05, 4.69) is 5.32 Å². The first-order valence-corrected chi connectivity index (χ1v) is 23.2. The predicted molar refractivity (Wildman–Crippen MR) is 237 cm³/mol. The highest BCUT2D eigenvalue weighted by Crippen LogP contribution is 2.64. The van der Waals surface area contributed by atoms with Crippen LogP contribution in [0.3, 0.4) is 0 Å². The van der Waals surface area contributed by atoms with Crippen molar-refractivity contribution in [2.24, 2.45) is 17.3 Å². The molecule has 3 saturated heterocycles. The average Bonchev–Trinajstić information content (AvgIpc) is 4.23. The Hall–Kier alpha value is -5.12. The molecule has 3 saturated carbocycles. The highest BCUT2D eigenvalue weighted by molar-refractivity contribution is 5.96. The number of ether oxygens (including phenoxy) is 4. The molecule has 9 rings (SSSR count). The summed E-state index contributed by atoms with van der Waals surface area (Å²) >= 11 is 0. The van der Waals surface area contributed by atoms with Crippen molar-refractivity contribution >= 4 is 29.8 Å². The zero-order chi connectivity index (χ0) is 45.7. The lowest BCUT2D eigenvalue weighted by atomic mass is 9.62. The molecule has 0 radical (unpaired) electrons. The summed E-state index contributed by atoms with van der Waals surface area (Å²) in [5.74, 6) is -2.29. The number of amides is 2. The fourth-order valence-electron chi connectivity index (χ4n) is 10.6. The molecule has 3 N–H and O–H groups in total. The van der Waals surface area contributed by atoms with Gasteiger partial charge in [-0.3, -0.25) is 24.0 Å². The number of aromatic hydroxyl groups is 1. The number of hydrogen-bond acceptors (Lipinski definition) is 12. The summed E-state index contributed by atoms with van der Waals surface area (Å²) in [7, 11) is 1.58. The van der Waals surface area contributed by atoms with Gasteiger partial charge in [-0.1, -0.05) is 84.9 Å². The molecule has 3 aliphatic carbocycles. The maximum atomic E-state index is 15.9.